The molecule has 4 rings (SSSR count). The number of anilines is 1. The predicted octanol–water partition coefficient (Wildman–Crippen LogP) is 4.27. The monoisotopic (exact) mass is 441 g/mol. The number of carbonyl (C=O) groups is 1. The summed E-state index contributed by atoms with van der Waals surface area (Å²) in [5.41, 5.74) is 2.38. The van der Waals surface area contributed by atoms with Crippen LogP contribution in [0.2, 0.25) is 5.02 Å². The maximum Gasteiger partial charge on any atom is 0.238 e. The van der Waals surface area contributed by atoms with Gasteiger partial charge in [0.05, 0.1) is 17.3 Å². The predicted molar refractivity (Wildman–Crippen MR) is 119 cm³/mol. The zero-order chi connectivity index (χ0) is 21.6. The number of carbonyl (C=O) groups excluding carboxylic acids is 1. The number of aryl methyl sites for hydroxylation is 1. The largest absolute Gasteiger partial charge is 0.486 e. The van der Waals surface area contributed by atoms with Gasteiger partial charge in [0.25, 0.3) is 0 Å². The topological polar surface area (TPSA) is 76.8 Å². The summed E-state index contributed by atoms with van der Waals surface area (Å²) in [7, 11) is 1.90. The van der Waals surface area contributed by atoms with Crippen LogP contribution >= 0.6 is 11.6 Å². The molecule has 0 spiro atoms. The molecule has 8 heteroatoms. The van der Waals surface area contributed by atoms with Crippen molar-refractivity contribution in [3.8, 4) is 22.8 Å². The van der Waals surface area contributed by atoms with Crippen LogP contribution in [0.5, 0.6) is 11.5 Å². The van der Waals surface area contributed by atoms with Crippen molar-refractivity contribution in [2.45, 2.75) is 12.8 Å². The third-order valence-electron chi connectivity index (χ3n) is 4.91. The van der Waals surface area contributed by atoms with Crippen LogP contribution in [-0.4, -0.2) is 49.3 Å². The fourth-order valence-electron chi connectivity index (χ4n) is 3.37. The minimum absolute atomic E-state index is 0.146. The van der Waals surface area contributed by atoms with Crippen molar-refractivity contribution < 1.29 is 18.8 Å². The normalized spacial score (nSPS) is 12.7. The zero-order valence-corrected chi connectivity index (χ0v) is 18.0. The number of aromatic nitrogens is 1. The van der Waals surface area contributed by atoms with Gasteiger partial charge < -0.3 is 19.3 Å². The molecule has 2 heterocycles. The molecule has 3 aromatic rings. The molecule has 1 aliphatic heterocycles. The van der Waals surface area contributed by atoms with E-state index in [0.717, 1.165) is 36.4 Å². The van der Waals surface area contributed by atoms with Gasteiger partial charge in [0.15, 0.2) is 11.5 Å². The van der Waals surface area contributed by atoms with E-state index in [0.29, 0.717) is 35.4 Å². The van der Waals surface area contributed by atoms with E-state index in [1.165, 1.54) is 0 Å². The minimum Gasteiger partial charge on any atom is -0.486 e. The van der Waals surface area contributed by atoms with Crippen molar-refractivity contribution >= 4 is 23.2 Å². The number of hydrogen-bond donors (Lipinski definition) is 1. The lowest BCUT2D eigenvalue weighted by molar-refractivity contribution is -0.117. The van der Waals surface area contributed by atoms with Crippen LogP contribution in [0, 0.1) is 0 Å². The molecule has 1 aliphatic rings. The van der Waals surface area contributed by atoms with E-state index in [-0.39, 0.29) is 12.5 Å². The van der Waals surface area contributed by atoms with Gasteiger partial charge >= 0.3 is 0 Å². The molecule has 1 amide bonds. The molecular formula is C23H24ClN3O4. The Labute approximate surface area is 185 Å². The first-order valence-electron chi connectivity index (χ1n) is 10.2. The highest BCUT2D eigenvalue weighted by molar-refractivity contribution is 6.34. The minimum atomic E-state index is -0.146. The van der Waals surface area contributed by atoms with E-state index in [4.69, 9.17) is 25.6 Å². The number of fused-ring (bicyclic) bond motifs is 1. The summed E-state index contributed by atoms with van der Waals surface area (Å²) in [6.45, 7) is 1.95. The zero-order valence-electron chi connectivity index (χ0n) is 17.3. The van der Waals surface area contributed by atoms with Crippen molar-refractivity contribution in [2.75, 3.05) is 38.7 Å². The smallest absolute Gasteiger partial charge is 0.238 e. The maximum absolute atomic E-state index is 12.4. The third-order valence-corrected chi connectivity index (χ3v) is 5.22. The number of halogens is 1. The summed E-state index contributed by atoms with van der Waals surface area (Å²) in [5, 5.41) is 7.39. The highest BCUT2D eigenvalue weighted by Gasteiger charge is 2.17. The van der Waals surface area contributed by atoms with E-state index in [1.807, 2.05) is 48.3 Å². The first-order valence-corrected chi connectivity index (χ1v) is 10.5. The Morgan fingerprint density at radius 2 is 1.87 bits per heavy atom. The number of likely N-dealkylation sites (N-methyl/N-ethyl adjacent to an activating group) is 1. The van der Waals surface area contributed by atoms with Gasteiger partial charge in [-0.15, -0.1) is 0 Å². The van der Waals surface area contributed by atoms with Crippen LogP contribution < -0.4 is 14.8 Å². The second-order valence-corrected chi connectivity index (χ2v) is 7.82. The average Bonchev–Trinajstić information content (AvgIpc) is 3.24. The van der Waals surface area contributed by atoms with Crippen LogP contribution in [0.25, 0.3) is 11.3 Å². The van der Waals surface area contributed by atoms with Crippen molar-refractivity contribution in [1.29, 1.82) is 0 Å². The molecule has 31 heavy (non-hydrogen) atoms. The second kappa shape index (κ2) is 9.85. The molecule has 1 aromatic heterocycles. The van der Waals surface area contributed by atoms with Gasteiger partial charge in [-0.2, -0.15) is 0 Å². The Morgan fingerprint density at radius 1 is 1.13 bits per heavy atom. The summed E-state index contributed by atoms with van der Waals surface area (Å²) in [6, 6.07) is 15.2. The van der Waals surface area contributed by atoms with Crippen molar-refractivity contribution in [3.05, 3.63) is 59.3 Å². The van der Waals surface area contributed by atoms with Crippen LogP contribution in [0.1, 0.15) is 12.2 Å². The average molecular weight is 442 g/mol. The fraction of sp³-hybridized carbons (Fsp3) is 0.304. The third kappa shape index (κ3) is 5.57. The maximum atomic E-state index is 12.4. The van der Waals surface area contributed by atoms with E-state index >= 15 is 0 Å². The quantitative estimate of drug-likeness (QED) is 0.562. The lowest BCUT2D eigenvalue weighted by Crippen LogP contribution is -2.31. The van der Waals surface area contributed by atoms with Gasteiger partial charge in [-0.3, -0.25) is 9.69 Å². The van der Waals surface area contributed by atoms with E-state index in [9.17, 15) is 4.79 Å². The Morgan fingerprint density at radius 3 is 2.65 bits per heavy atom. The Hall–Kier alpha value is -3.03. The van der Waals surface area contributed by atoms with Gasteiger partial charge in [-0.05, 0) is 20.0 Å². The highest BCUT2D eigenvalue weighted by atomic mass is 35.5. The SMILES string of the molecule is CN(CCCc1cc(-c2ccccc2)no1)CC(=O)Nc1cc2c(cc1Cl)OCCO2. The number of nitrogens with zero attached hydrogens (tertiary/aromatic N) is 2. The first kappa shape index (κ1) is 21.2. The summed E-state index contributed by atoms with van der Waals surface area (Å²) in [5.74, 6) is 1.86. The molecular weight excluding hydrogens is 418 g/mol. The number of amides is 1. The molecule has 162 valence electrons. The molecule has 0 atom stereocenters. The van der Waals surface area contributed by atoms with Gasteiger partial charge in [-0.25, -0.2) is 0 Å². The van der Waals surface area contributed by atoms with Crippen LogP contribution in [0.3, 0.4) is 0 Å². The molecule has 1 N–H and O–H groups in total. The van der Waals surface area contributed by atoms with Crippen LogP contribution in [0.15, 0.2) is 53.1 Å². The van der Waals surface area contributed by atoms with Gasteiger partial charge in [0.2, 0.25) is 5.91 Å². The lowest BCUT2D eigenvalue weighted by atomic mass is 10.1. The van der Waals surface area contributed by atoms with Crippen molar-refractivity contribution in [1.82, 2.24) is 10.1 Å². The van der Waals surface area contributed by atoms with Crippen LogP contribution in [0.4, 0.5) is 5.69 Å². The van der Waals surface area contributed by atoms with Gasteiger partial charge in [0.1, 0.15) is 24.7 Å². The van der Waals surface area contributed by atoms with Gasteiger partial charge in [0, 0.05) is 30.2 Å². The molecule has 0 saturated heterocycles. The molecule has 0 fully saturated rings. The van der Waals surface area contributed by atoms with E-state index < -0.39 is 0 Å². The molecule has 7 nitrogen and oxygen atoms in total. The molecule has 2 aromatic carbocycles. The van der Waals surface area contributed by atoms with E-state index in [2.05, 4.69) is 10.5 Å². The standard InChI is InChI=1S/C23H24ClN3O4/c1-27(9-5-8-17-12-19(26-31-17)16-6-3-2-4-7-16)15-23(28)25-20-14-22-21(13-18(20)24)29-10-11-30-22/h2-4,6-7,12-14H,5,8-11,15H2,1H3,(H,25,28). The van der Waals surface area contributed by atoms with Gasteiger partial charge in [-0.1, -0.05) is 47.1 Å². The van der Waals surface area contributed by atoms with Crippen LogP contribution in [-0.2, 0) is 11.2 Å². The lowest BCUT2D eigenvalue weighted by Gasteiger charge is -2.20. The van der Waals surface area contributed by atoms with Crippen molar-refractivity contribution in [2.24, 2.45) is 0 Å². The molecule has 0 unspecified atom stereocenters. The molecule has 0 aliphatic carbocycles. The Balaban J connectivity index is 1.23. The molecule has 0 bridgehead atoms. The molecule has 0 radical (unpaired) electrons. The number of rotatable bonds is 8. The molecule has 0 saturated carbocycles. The Bertz CT molecular complexity index is 1040. The number of benzene rings is 2. The summed E-state index contributed by atoms with van der Waals surface area (Å²) in [6.07, 6.45) is 1.60. The summed E-state index contributed by atoms with van der Waals surface area (Å²) in [4.78, 5) is 14.4. The first-order chi connectivity index (χ1) is 15.1. The van der Waals surface area contributed by atoms with Crippen molar-refractivity contribution in [3.63, 3.8) is 0 Å². The fourth-order valence-corrected chi connectivity index (χ4v) is 3.57. The summed E-state index contributed by atoms with van der Waals surface area (Å²) >= 11 is 6.26. The summed E-state index contributed by atoms with van der Waals surface area (Å²) < 4.78 is 16.5. The number of hydrogen-bond acceptors (Lipinski definition) is 6. The number of ether oxygens (including phenoxy) is 2. The Kier molecular flexibility index (Phi) is 6.74. The second-order valence-electron chi connectivity index (χ2n) is 7.41. The number of nitrogens with one attached hydrogen (secondary N) is 1. The highest BCUT2D eigenvalue weighted by Crippen LogP contribution is 2.37. The van der Waals surface area contributed by atoms with E-state index in [1.54, 1.807) is 12.1 Å².